The number of thiophene rings is 1. The molecule has 0 atom stereocenters. The van der Waals surface area contributed by atoms with E-state index in [2.05, 4.69) is 10.6 Å². The van der Waals surface area contributed by atoms with Crippen molar-refractivity contribution in [3.8, 4) is 0 Å². The van der Waals surface area contributed by atoms with E-state index in [1.807, 2.05) is 0 Å². The van der Waals surface area contributed by atoms with Crippen LogP contribution in [0.4, 0.5) is 13.2 Å². The summed E-state index contributed by atoms with van der Waals surface area (Å²) >= 11 is 0.700. The van der Waals surface area contributed by atoms with Crippen LogP contribution < -0.4 is 10.6 Å². The van der Waals surface area contributed by atoms with Gasteiger partial charge in [0.2, 0.25) is 5.78 Å². The van der Waals surface area contributed by atoms with Gasteiger partial charge in [-0.25, -0.2) is 0 Å². The molecule has 18 heteroatoms. The van der Waals surface area contributed by atoms with Crippen LogP contribution in [0.2, 0.25) is 12.1 Å². The quantitative estimate of drug-likeness (QED) is 0.0655. The Bertz CT molecular complexity index is 1020. The molecule has 0 fully saturated rings. The van der Waals surface area contributed by atoms with Crippen LogP contribution in [0.1, 0.15) is 64.1 Å². The SMILES string of the molecule is CCO[Si](CCCNC(=O)C(C(=O)NCCC[Si](OCC)(OCC)OCC)(C(=O)c1cccs1)C(=O)C(F)(F)F)(OCC)OCC. The van der Waals surface area contributed by atoms with E-state index in [0.29, 0.717) is 11.3 Å². The molecule has 0 aliphatic rings. The Morgan fingerprint density at radius 3 is 1.35 bits per heavy atom. The van der Waals surface area contributed by atoms with E-state index in [1.54, 1.807) is 41.5 Å². The van der Waals surface area contributed by atoms with Crippen molar-refractivity contribution < 1.29 is 58.9 Å². The highest BCUT2D eigenvalue weighted by molar-refractivity contribution is 7.12. The Morgan fingerprint density at radius 2 is 1.07 bits per heavy atom. The number of alkyl halides is 3. The van der Waals surface area contributed by atoms with E-state index in [4.69, 9.17) is 26.6 Å². The third kappa shape index (κ3) is 11.3. The summed E-state index contributed by atoms with van der Waals surface area (Å²) in [6.07, 6.45) is -5.51. The van der Waals surface area contributed by atoms with E-state index in [9.17, 15) is 32.3 Å². The van der Waals surface area contributed by atoms with Gasteiger partial charge >= 0.3 is 23.8 Å². The summed E-state index contributed by atoms with van der Waals surface area (Å²) in [5, 5.41) is 5.84. The number of hydrogen-bond donors (Lipinski definition) is 2. The maximum atomic E-state index is 14.1. The maximum Gasteiger partial charge on any atom is 0.500 e. The Kier molecular flexibility index (Phi) is 18.6. The number of Topliss-reactive ketones (excluding diaryl/α,β-unsaturated/α-hetero) is 2. The zero-order chi connectivity index (χ0) is 34.9. The normalized spacial score (nSPS) is 12.6. The Balaban J connectivity index is 3.37. The van der Waals surface area contributed by atoms with Crippen molar-refractivity contribution in [2.45, 2.75) is 72.6 Å². The van der Waals surface area contributed by atoms with Crippen molar-refractivity contribution >= 4 is 52.3 Å². The molecule has 1 rings (SSSR count). The van der Waals surface area contributed by atoms with Gasteiger partial charge in [0.15, 0.2) is 0 Å². The number of halogens is 3. The second kappa shape index (κ2) is 20.4. The first-order chi connectivity index (χ1) is 21.8. The van der Waals surface area contributed by atoms with Gasteiger partial charge in [0.1, 0.15) is 0 Å². The summed E-state index contributed by atoms with van der Waals surface area (Å²) < 4.78 is 76.9. The number of carbonyl (C=O) groups excluding carboxylic acids is 4. The van der Waals surface area contributed by atoms with Crippen molar-refractivity contribution in [2.24, 2.45) is 5.41 Å². The van der Waals surface area contributed by atoms with Crippen LogP contribution in [0.25, 0.3) is 0 Å². The van der Waals surface area contributed by atoms with E-state index in [1.165, 1.54) is 11.4 Å². The molecule has 0 spiro atoms. The van der Waals surface area contributed by atoms with Crippen molar-refractivity contribution in [2.75, 3.05) is 52.7 Å². The van der Waals surface area contributed by atoms with Crippen molar-refractivity contribution in [3.63, 3.8) is 0 Å². The topological polar surface area (TPSA) is 148 Å². The van der Waals surface area contributed by atoms with Gasteiger partial charge in [0.05, 0.1) is 4.88 Å². The number of amides is 2. The second-order valence-corrected chi connectivity index (χ2v) is 16.0. The monoisotopic (exact) mass is 716 g/mol. The van der Waals surface area contributed by atoms with E-state index in [0.717, 1.165) is 6.07 Å². The van der Waals surface area contributed by atoms with Gasteiger partial charge in [0, 0.05) is 64.8 Å². The van der Waals surface area contributed by atoms with Crippen molar-refractivity contribution in [1.29, 1.82) is 0 Å². The molecule has 1 aromatic heterocycles. The molecule has 0 saturated carbocycles. The molecule has 2 N–H and O–H groups in total. The maximum absolute atomic E-state index is 14.1. The third-order valence-corrected chi connectivity index (χ3v) is 13.6. The average Bonchev–Trinajstić information content (AvgIpc) is 3.53. The van der Waals surface area contributed by atoms with Crippen LogP contribution >= 0.6 is 11.3 Å². The molecule has 1 aromatic rings. The minimum Gasteiger partial charge on any atom is -0.374 e. The summed E-state index contributed by atoms with van der Waals surface area (Å²) in [6, 6.07) is 2.86. The Labute approximate surface area is 274 Å². The van der Waals surface area contributed by atoms with Gasteiger partial charge in [0.25, 0.3) is 23.0 Å². The number of hydrogen-bond acceptors (Lipinski definition) is 11. The zero-order valence-electron chi connectivity index (χ0n) is 27.3. The molecule has 2 amide bonds. The predicted molar refractivity (Wildman–Crippen MR) is 168 cm³/mol. The molecule has 46 heavy (non-hydrogen) atoms. The summed E-state index contributed by atoms with van der Waals surface area (Å²) in [5.74, 6) is -7.76. The minimum absolute atomic E-state index is 0.0993. The van der Waals surface area contributed by atoms with E-state index >= 15 is 0 Å². The first-order valence-corrected chi connectivity index (χ1v) is 20.1. The van der Waals surface area contributed by atoms with E-state index in [-0.39, 0.29) is 82.5 Å². The fraction of sp³-hybridized carbons (Fsp3) is 0.714. The van der Waals surface area contributed by atoms with Crippen LogP contribution in [0.15, 0.2) is 17.5 Å². The fourth-order valence-electron chi connectivity index (χ4n) is 4.71. The van der Waals surface area contributed by atoms with Gasteiger partial charge in [-0.05, 0) is 65.8 Å². The van der Waals surface area contributed by atoms with Crippen molar-refractivity contribution in [1.82, 2.24) is 10.6 Å². The zero-order valence-corrected chi connectivity index (χ0v) is 30.2. The molecular formula is C28H47F3N2O10SSi2. The lowest BCUT2D eigenvalue weighted by Crippen LogP contribution is -2.63. The number of ketones is 2. The molecule has 264 valence electrons. The molecule has 0 bridgehead atoms. The molecule has 0 saturated heterocycles. The fourth-order valence-corrected chi connectivity index (χ4v) is 10.7. The largest absolute Gasteiger partial charge is 0.500 e. The van der Waals surface area contributed by atoms with Crippen LogP contribution in [0.5, 0.6) is 0 Å². The van der Waals surface area contributed by atoms with Gasteiger partial charge < -0.3 is 37.2 Å². The highest BCUT2D eigenvalue weighted by Gasteiger charge is 2.67. The van der Waals surface area contributed by atoms with Gasteiger partial charge in [-0.15, -0.1) is 11.3 Å². The van der Waals surface area contributed by atoms with Crippen LogP contribution in [-0.2, 0) is 40.9 Å². The van der Waals surface area contributed by atoms with Crippen LogP contribution in [0, 0.1) is 5.41 Å². The number of nitrogens with one attached hydrogen (secondary N) is 2. The van der Waals surface area contributed by atoms with Crippen molar-refractivity contribution in [3.05, 3.63) is 22.4 Å². The predicted octanol–water partition coefficient (Wildman–Crippen LogP) is 4.16. The highest BCUT2D eigenvalue weighted by atomic mass is 32.1. The van der Waals surface area contributed by atoms with E-state index < -0.39 is 52.6 Å². The molecule has 1 heterocycles. The molecule has 12 nitrogen and oxygen atoms in total. The molecule has 0 radical (unpaired) electrons. The summed E-state index contributed by atoms with van der Waals surface area (Å²) in [7, 11) is -6.36. The Hall–Kier alpha value is -2.04. The van der Waals surface area contributed by atoms with Gasteiger partial charge in [-0.2, -0.15) is 13.2 Å². The lowest BCUT2D eigenvalue weighted by atomic mass is 9.75. The molecule has 0 aromatic carbocycles. The summed E-state index contributed by atoms with van der Waals surface area (Å²) in [4.78, 5) is 53.6. The number of rotatable bonds is 25. The lowest BCUT2D eigenvalue weighted by molar-refractivity contribution is -0.182. The first kappa shape index (κ1) is 42.0. The van der Waals surface area contributed by atoms with Gasteiger partial charge in [-0.3, -0.25) is 19.2 Å². The Morgan fingerprint density at radius 1 is 0.696 bits per heavy atom. The van der Waals surface area contributed by atoms with Crippen LogP contribution in [-0.4, -0.2) is 99.9 Å². The highest BCUT2D eigenvalue weighted by Crippen LogP contribution is 2.35. The standard InChI is InChI=1S/C28H47F3N2O10SSi2/c1-7-38-45(39-8-2,40-9-3)20-14-17-32-25(36)27(24(35)28(29,30)31,23(34)22-16-13-19-44-22)26(37)33-18-15-21-46(41-10-4,42-11-5)43-12-6/h13,16,19H,7-12,14-15,17-18,20-21H2,1-6H3,(H,32,36)(H,33,37). The minimum atomic E-state index is -5.70. The van der Waals surface area contributed by atoms with Crippen LogP contribution in [0.3, 0.4) is 0 Å². The molecule has 0 aliphatic heterocycles. The average molecular weight is 717 g/mol. The first-order valence-electron chi connectivity index (χ1n) is 15.4. The summed E-state index contributed by atoms with van der Waals surface area (Å²) in [6.45, 7) is 11.6. The molecule has 0 unspecified atom stereocenters. The lowest BCUT2D eigenvalue weighted by Gasteiger charge is -2.30. The summed E-state index contributed by atoms with van der Waals surface area (Å²) in [5.41, 5.74) is -3.77. The molecule has 0 aliphatic carbocycles. The molecular weight excluding hydrogens is 670 g/mol. The van der Waals surface area contributed by atoms with Gasteiger partial charge in [-0.1, -0.05) is 6.07 Å². The number of carbonyl (C=O) groups is 4. The second-order valence-electron chi connectivity index (χ2n) is 9.57. The third-order valence-electron chi connectivity index (χ3n) is 6.44. The smallest absolute Gasteiger partial charge is 0.374 e.